The van der Waals surface area contributed by atoms with Crippen molar-refractivity contribution in [2.24, 2.45) is 0 Å². The van der Waals surface area contributed by atoms with Crippen LogP contribution in [0.15, 0.2) is 18.2 Å². The van der Waals surface area contributed by atoms with Crippen molar-refractivity contribution in [1.29, 1.82) is 0 Å². The lowest BCUT2D eigenvalue weighted by atomic mass is 10.0. The molecule has 110 valence electrons. The summed E-state index contributed by atoms with van der Waals surface area (Å²) < 4.78 is 4.97. The van der Waals surface area contributed by atoms with Gasteiger partial charge in [0.25, 0.3) is 5.69 Å². The molecule has 0 aromatic heterocycles. The number of nitrogens with one attached hydrogen (secondary N) is 1. The molecule has 2 atom stereocenters. The lowest BCUT2D eigenvalue weighted by Crippen LogP contribution is -2.34. The highest BCUT2D eigenvalue weighted by Gasteiger charge is 2.23. The van der Waals surface area contributed by atoms with Crippen LogP contribution in [0.3, 0.4) is 0 Å². The van der Waals surface area contributed by atoms with Crippen molar-refractivity contribution in [2.75, 3.05) is 13.7 Å². The molecule has 0 heterocycles. The SMILES string of the molecule is COc1cc([N+](=O)[O-])ccc1C(O)C(O)CNC(C)=O. The molecule has 1 rings (SSSR count). The van der Waals surface area contributed by atoms with Gasteiger partial charge in [0.15, 0.2) is 0 Å². The first-order chi connectivity index (χ1) is 9.36. The highest BCUT2D eigenvalue weighted by atomic mass is 16.6. The molecule has 3 N–H and O–H groups in total. The average Bonchev–Trinajstić information content (AvgIpc) is 2.42. The van der Waals surface area contributed by atoms with E-state index in [1.54, 1.807) is 0 Å². The van der Waals surface area contributed by atoms with Gasteiger partial charge in [0.2, 0.25) is 5.91 Å². The molecule has 0 bridgehead atoms. The summed E-state index contributed by atoms with van der Waals surface area (Å²) in [5, 5.41) is 32.8. The number of benzene rings is 1. The van der Waals surface area contributed by atoms with E-state index < -0.39 is 17.1 Å². The fourth-order valence-corrected chi connectivity index (χ4v) is 1.62. The number of amides is 1. The van der Waals surface area contributed by atoms with Gasteiger partial charge in [-0.3, -0.25) is 14.9 Å². The molecule has 0 aliphatic carbocycles. The molecule has 0 saturated heterocycles. The zero-order valence-corrected chi connectivity index (χ0v) is 11.1. The van der Waals surface area contributed by atoms with E-state index in [-0.39, 0.29) is 29.5 Å². The minimum absolute atomic E-state index is 0.0913. The average molecular weight is 284 g/mol. The summed E-state index contributed by atoms with van der Waals surface area (Å²) in [7, 11) is 1.30. The fraction of sp³-hybridized carbons (Fsp3) is 0.417. The second-order valence-corrected chi connectivity index (χ2v) is 4.13. The number of aliphatic hydroxyl groups is 2. The molecule has 0 fully saturated rings. The highest BCUT2D eigenvalue weighted by Crippen LogP contribution is 2.30. The quantitative estimate of drug-likeness (QED) is 0.504. The van der Waals surface area contributed by atoms with Gasteiger partial charge < -0.3 is 20.3 Å². The summed E-state index contributed by atoms with van der Waals surface area (Å²) in [6.45, 7) is 1.14. The number of hydrogen-bond donors (Lipinski definition) is 3. The number of carbonyl (C=O) groups is 1. The Morgan fingerprint density at radius 3 is 2.65 bits per heavy atom. The van der Waals surface area contributed by atoms with Gasteiger partial charge >= 0.3 is 0 Å². The number of nitrogens with zero attached hydrogens (tertiary/aromatic N) is 1. The normalized spacial score (nSPS) is 13.4. The number of non-ortho nitro benzene ring substituents is 1. The van der Waals surface area contributed by atoms with Gasteiger partial charge in [0.05, 0.1) is 18.1 Å². The summed E-state index contributed by atoms with van der Waals surface area (Å²) in [5.41, 5.74) is 0.0186. The number of aliphatic hydroxyl groups excluding tert-OH is 2. The number of hydrogen-bond acceptors (Lipinski definition) is 6. The third-order valence-corrected chi connectivity index (χ3v) is 2.67. The van der Waals surface area contributed by atoms with Gasteiger partial charge in [-0.2, -0.15) is 0 Å². The largest absolute Gasteiger partial charge is 0.496 e. The number of ether oxygens (including phenoxy) is 1. The van der Waals surface area contributed by atoms with Gasteiger partial charge in [-0.15, -0.1) is 0 Å². The Morgan fingerprint density at radius 1 is 1.50 bits per heavy atom. The predicted molar refractivity (Wildman–Crippen MR) is 69.3 cm³/mol. The number of nitro groups is 1. The topological polar surface area (TPSA) is 122 Å². The third kappa shape index (κ3) is 3.90. The van der Waals surface area contributed by atoms with Crippen LogP contribution in [0.4, 0.5) is 5.69 Å². The van der Waals surface area contributed by atoms with Crippen LogP contribution in [-0.2, 0) is 4.79 Å². The van der Waals surface area contributed by atoms with Gasteiger partial charge in [-0.25, -0.2) is 0 Å². The summed E-state index contributed by atoms with van der Waals surface area (Å²) in [4.78, 5) is 20.8. The van der Waals surface area contributed by atoms with E-state index in [0.29, 0.717) is 0 Å². The van der Waals surface area contributed by atoms with Crippen molar-refractivity contribution in [3.8, 4) is 5.75 Å². The molecule has 1 aromatic rings. The van der Waals surface area contributed by atoms with Crippen LogP contribution < -0.4 is 10.1 Å². The first-order valence-corrected chi connectivity index (χ1v) is 5.79. The first kappa shape index (κ1) is 15.9. The van der Waals surface area contributed by atoms with Crippen LogP contribution >= 0.6 is 0 Å². The fourth-order valence-electron chi connectivity index (χ4n) is 1.62. The zero-order valence-electron chi connectivity index (χ0n) is 11.1. The number of nitro benzene ring substituents is 1. The first-order valence-electron chi connectivity index (χ1n) is 5.79. The van der Waals surface area contributed by atoms with E-state index in [4.69, 9.17) is 4.74 Å². The molecule has 0 aliphatic heterocycles. The molecule has 0 radical (unpaired) electrons. The smallest absolute Gasteiger partial charge is 0.273 e. The molecule has 8 heteroatoms. The van der Waals surface area contributed by atoms with Crippen LogP contribution in [0.2, 0.25) is 0 Å². The van der Waals surface area contributed by atoms with Crippen molar-refractivity contribution in [3.63, 3.8) is 0 Å². The van der Waals surface area contributed by atoms with E-state index in [0.717, 1.165) is 6.07 Å². The lowest BCUT2D eigenvalue weighted by Gasteiger charge is -2.20. The molecule has 0 spiro atoms. The van der Waals surface area contributed by atoms with E-state index in [1.807, 2.05) is 0 Å². The van der Waals surface area contributed by atoms with Gasteiger partial charge in [-0.1, -0.05) is 0 Å². The monoisotopic (exact) mass is 284 g/mol. The van der Waals surface area contributed by atoms with Crippen LogP contribution in [0.5, 0.6) is 5.75 Å². The molecule has 8 nitrogen and oxygen atoms in total. The summed E-state index contributed by atoms with van der Waals surface area (Å²) in [5.74, 6) is -0.250. The maximum atomic E-state index is 10.7. The molecule has 0 aliphatic rings. The van der Waals surface area contributed by atoms with Crippen molar-refractivity contribution < 1.29 is 24.7 Å². The van der Waals surface area contributed by atoms with Crippen molar-refractivity contribution in [1.82, 2.24) is 5.32 Å². The Balaban J connectivity index is 2.94. The Hall–Kier alpha value is -2.19. The van der Waals surface area contributed by atoms with Crippen molar-refractivity contribution >= 4 is 11.6 Å². The molecule has 2 unspecified atom stereocenters. The standard InChI is InChI=1S/C12H16N2O6/c1-7(15)13-6-10(16)12(17)9-4-3-8(14(18)19)5-11(9)20-2/h3-5,10,12,16-17H,6H2,1-2H3,(H,13,15). The van der Waals surface area contributed by atoms with Gasteiger partial charge in [-0.05, 0) is 6.07 Å². The summed E-state index contributed by atoms with van der Waals surface area (Å²) in [6, 6.07) is 3.66. The Kier molecular flexibility index (Phi) is 5.42. The third-order valence-electron chi connectivity index (χ3n) is 2.67. The maximum Gasteiger partial charge on any atom is 0.273 e. The Bertz CT molecular complexity index is 505. The van der Waals surface area contributed by atoms with Crippen LogP contribution in [0.1, 0.15) is 18.6 Å². The Labute approximate surface area is 115 Å². The van der Waals surface area contributed by atoms with Crippen molar-refractivity contribution in [3.05, 3.63) is 33.9 Å². The summed E-state index contributed by atoms with van der Waals surface area (Å²) in [6.07, 6.45) is -2.59. The number of carbonyl (C=O) groups excluding carboxylic acids is 1. The second kappa shape index (κ2) is 6.83. The molecular formula is C12H16N2O6. The minimum atomic E-state index is -1.34. The van der Waals surface area contributed by atoms with Crippen LogP contribution in [0.25, 0.3) is 0 Å². The van der Waals surface area contributed by atoms with E-state index in [2.05, 4.69) is 5.32 Å². The predicted octanol–water partition coefficient (Wildman–Crippen LogP) is 0.134. The zero-order chi connectivity index (χ0) is 15.3. The molecule has 0 saturated carbocycles. The maximum absolute atomic E-state index is 10.7. The van der Waals surface area contributed by atoms with Crippen LogP contribution in [0, 0.1) is 10.1 Å². The number of rotatable bonds is 6. The van der Waals surface area contributed by atoms with Crippen molar-refractivity contribution in [2.45, 2.75) is 19.1 Å². The molecular weight excluding hydrogens is 268 g/mol. The second-order valence-electron chi connectivity index (χ2n) is 4.13. The van der Waals surface area contributed by atoms with E-state index in [1.165, 1.54) is 26.2 Å². The van der Waals surface area contributed by atoms with E-state index in [9.17, 15) is 25.1 Å². The minimum Gasteiger partial charge on any atom is -0.496 e. The number of methoxy groups -OCH3 is 1. The molecule has 1 amide bonds. The molecule has 20 heavy (non-hydrogen) atoms. The van der Waals surface area contributed by atoms with Gasteiger partial charge in [0, 0.05) is 25.1 Å². The van der Waals surface area contributed by atoms with E-state index >= 15 is 0 Å². The van der Waals surface area contributed by atoms with Crippen LogP contribution in [-0.4, -0.2) is 40.8 Å². The summed E-state index contributed by atoms with van der Waals surface area (Å²) >= 11 is 0. The molecule has 1 aromatic carbocycles. The highest BCUT2D eigenvalue weighted by molar-refractivity contribution is 5.72. The van der Waals surface area contributed by atoms with Gasteiger partial charge in [0.1, 0.15) is 18.0 Å². The Morgan fingerprint density at radius 2 is 2.15 bits per heavy atom. The lowest BCUT2D eigenvalue weighted by molar-refractivity contribution is -0.385.